The van der Waals surface area contributed by atoms with E-state index in [0.717, 1.165) is 28.2 Å². The van der Waals surface area contributed by atoms with Gasteiger partial charge in [0.1, 0.15) is 5.75 Å². The van der Waals surface area contributed by atoms with Crippen molar-refractivity contribution >= 4 is 22.9 Å². The van der Waals surface area contributed by atoms with Crippen LogP contribution in [0.25, 0.3) is 22.4 Å². The van der Waals surface area contributed by atoms with Crippen LogP contribution in [0.5, 0.6) is 5.75 Å². The SMILES string of the molecule is COc1cccc(-c2ccc(CNc3nc(N)nc4c3ncn4C(C)C)cn2)c1. The molecule has 0 spiro atoms. The molecular formula is C21H23N7O. The van der Waals surface area contributed by atoms with E-state index in [9.17, 15) is 0 Å². The van der Waals surface area contributed by atoms with Gasteiger partial charge in [0.05, 0.1) is 19.1 Å². The zero-order chi connectivity index (χ0) is 20.4. The van der Waals surface area contributed by atoms with Crippen LogP contribution < -0.4 is 15.8 Å². The highest BCUT2D eigenvalue weighted by molar-refractivity contribution is 5.84. The van der Waals surface area contributed by atoms with Gasteiger partial charge in [-0.05, 0) is 37.6 Å². The fourth-order valence-corrected chi connectivity index (χ4v) is 3.10. The van der Waals surface area contributed by atoms with Gasteiger partial charge in [0.2, 0.25) is 5.95 Å². The molecule has 3 N–H and O–H groups in total. The minimum Gasteiger partial charge on any atom is -0.497 e. The highest BCUT2D eigenvalue weighted by Crippen LogP contribution is 2.24. The standard InChI is InChI=1S/C21H23N7O/c1-13(2)28-12-25-18-19(26-21(22)27-20(18)28)24-11-14-7-8-17(23-10-14)15-5-4-6-16(9-15)29-3/h4-10,12-13H,11H2,1-3H3,(H3,22,24,26,27). The van der Waals surface area contributed by atoms with E-state index in [1.54, 1.807) is 13.4 Å². The second-order valence-corrected chi connectivity index (χ2v) is 6.99. The Morgan fingerprint density at radius 2 is 2.00 bits per heavy atom. The molecule has 0 aliphatic carbocycles. The Morgan fingerprint density at radius 1 is 1.14 bits per heavy atom. The molecule has 0 atom stereocenters. The molecular weight excluding hydrogens is 366 g/mol. The Kier molecular flexibility index (Phi) is 4.99. The summed E-state index contributed by atoms with van der Waals surface area (Å²) < 4.78 is 7.26. The number of nitrogens with two attached hydrogens (primary N) is 1. The first-order chi connectivity index (χ1) is 14.0. The van der Waals surface area contributed by atoms with E-state index in [-0.39, 0.29) is 12.0 Å². The minimum absolute atomic E-state index is 0.217. The second kappa shape index (κ2) is 7.75. The molecule has 0 amide bonds. The lowest BCUT2D eigenvalue weighted by molar-refractivity contribution is 0.415. The molecule has 1 aromatic carbocycles. The van der Waals surface area contributed by atoms with Crippen LogP contribution in [0.2, 0.25) is 0 Å². The Labute approximate surface area is 168 Å². The summed E-state index contributed by atoms with van der Waals surface area (Å²) in [7, 11) is 1.66. The number of fused-ring (bicyclic) bond motifs is 1. The van der Waals surface area contributed by atoms with Crippen LogP contribution in [0.1, 0.15) is 25.5 Å². The number of imidazole rings is 1. The van der Waals surface area contributed by atoms with Crippen LogP contribution in [-0.2, 0) is 6.54 Å². The number of methoxy groups -OCH3 is 1. The van der Waals surface area contributed by atoms with Crippen LogP contribution >= 0.6 is 0 Å². The van der Waals surface area contributed by atoms with Gasteiger partial charge in [-0.25, -0.2) is 4.98 Å². The second-order valence-electron chi connectivity index (χ2n) is 6.99. The van der Waals surface area contributed by atoms with E-state index in [4.69, 9.17) is 10.5 Å². The van der Waals surface area contributed by atoms with E-state index in [1.807, 2.05) is 47.2 Å². The highest BCUT2D eigenvalue weighted by atomic mass is 16.5. The number of aromatic nitrogens is 5. The third-order valence-electron chi connectivity index (χ3n) is 4.65. The van der Waals surface area contributed by atoms with E-state index in [1.165, 1.54) is 0 Å². The van der Waals surface area contributed by atoms with Gasteiger partial charge >= 0.3 is 0 Å². The molecule has 0 aliphatic heterocycles. The average Bonchev–Trinajstić information content (AvgIpc) is 3.16. The Morgan fingerprint density at radius 3 is 2.72 bits per heavy atom. The number of benzene rings is 1. The summed E-state index contributed by atoms with van der Waals surface area (Å²) in [6.45, 7) is 4.69. The average molecular weight is 389 g/mol. The molecule has 148 valence electrons. The number of hydrogen-bond donors (Lipinski definition) is 2. The number of anilines is 2. The molecule has 0 saturated heterocycles. The smallest absolute Gasteiger partial charge is 0.224 e. The molecule has 0 radical (unpaired) electrons. The van der Waals surface area contributed by atoms with Gasteiger partial charge in [-0.3, -0.25) is 4.98 Å². The van der Waals surface area contributed by atoms with Crippen molar-refractivity contribution < 1.29 is 4.74 Å². The first-order valence-electron chi connectivity index (χ1n) is 9.38. The number of nitrogen functional groups attached to an aromatic ring is 1. The van der Waals surface area contributed by atoms with Gasteiger partial charge in [-0.1, -0.05) is 18.2 Å². The van der Waals surface area contributed by atoms with Crippen molar-refractivity contribution in [1.82, 2.24) is 24.5 Å². The topological polar surface area (TPSA) is 104 Å². The zero-order valence-electron chi connectivity index (χ0n) is 16.6. The molecule has 8 nitrogen and oxygen atoms in total. The third kappa shape index (κ3) is 3.82. The van der Waals surface area contributed by atoms with Crippen LogP contribution in [0.15, 0.2) is 48.9 Å². The predicted octanol–water partition coefficient (Wildman–Crippen LogP) is 3.67. The molecule has 29 heavy (non-hydrogen) atoms. The number of pyridine rings is 1. The number of ether oxygens (including phenoxy) is 1. The molecule has 3 aromatic heterocycles. The zero-order valence-corrected chi connectivity index (χ0v) is 16.6. The first-order valence-corrected chi connectivity index (χ1v) is 9.38. The van der Waals surface area contributed by atoms with E-state index in [2.05, 4.69) is 39.1 Å². The van der Waals surface area contributed by atoms with E-state index < -0.39 is 0 Å². The lowest BCUT2D eigenvalue weighted by Crippen LogP contribution is -2.07. The van der Waals surface area contributed by atoms with Crippen LogP contribution in [-0.4, -0.2) is 31.6 Å². The number of nitrogens with zero attached hydrogens (tertiary/aromatic N) is 5. The summed E-state index contributed by atoms with van der Waals surface area (Å²) in [6.07, 6.45) is 3.61. The maximum absolute atomic E-state index is 5.90. The van der Waals surface area contributed by atoms with Gasteiger partial charge < -0.3 is 20.4 Å². The summed E-state index contributed by atoms with van der Waals surface area (Å²) in [6, 6.07) is 12.1. The first kappa shape index (κ1) is 18.7. The molecule has 0 unspecified atom stereocenters. The highest BCUT2D eigenvalue weighted by Gasteiger charge is 2.13. The van der Waals surface area contributed by atoms with Crippen molar-refractivity contribution in [2.45, 2.75) is 26.4 Å². The van der Waals surface area contributed by atoms with Crippen molar-refractivity contribution in [3.63, 3.8) is 0 Å². The van der Waals surface area contributed by atoms with Crippen molar-refractivity contribution in [3.8, 4) is 17.0 Å². The van der Waals surface area contributed by atoms with Gasteiger partial charge in [0.15, 0.2) is 17.0 Å². The van der Waals surface area contributed by atoms with Crippen molar-refractivity contribution in [2.24, 2.45) is 0 Å². The van der Waals surface area contributed by atoms with Gasteiger partial charge in [0.25, 0.3) is 0 Å². The van der Waals surface area contributed by atoms with Gasteiger partial charge in [0, 0.05) is 24.3 Å². The summed E-state index contributed by atoms with van der Waals surface area (Å²) in [5, 5.41) is 3.31. The summed E-state index contributed by atoms with van der Waals surface area (Å²) in [4.78, 5) is 17.7. The molecule has 8 heteroatoms. The van der Waals surface area contributed by atoms with E-state index in [0.29, 0.717) is 17.9 Å². The molecule has 3 heterocycles. The molecule has 0 fully saturated rings. The molecule has 4 rings (SSSR count). The largest absolute Gasteiger partial charge is 0.497 e. The third-order valence-corrected chi connectivity index (χ3v) is 4.65. The van der Waals surface area contributed by atoms with Crippen LogP contribution in [0, 0.1) is 0 Å². The summed E-state index contributed by atoms with van der Waals surface area (Å²) in [5.41, 5.74) is 10.2. The normalized spacial score (nSPS) is 11.2. The van der Waals surface area contributed by atoms with Crippen LogP contribution in [0.3, 0.4) is 0 Å². The summed E-state index contributed by atoms with van der Waals surface area (Å²) in [5.74, 6) is 1.64. The monoisotopic (exact) mass is 389 g/mol. The van der Waals surface area contributed by atoms with Gasteiger partial charge in [-0.2, -0.15) is 9.97 Å². The Bertz CT molecular complexity index is 1140. The quantitative estimate of drug-likeness (QED) is 0.518. The maximum Gasteiger partial charge on any atom is 0.224 e. The van der Waals surface area contributed by atoms with Crippen molar-refractivity contribution in [1.29, 1.82) is 0 Å². The lowest BCUT2D eigenvalue weighted by atomic mass is 10.1. The Hall–Kier alpha value is -3.68. The molecule has 0 aliphatic rings. The van der Waals surface area contributed by atoms with Gasteiger partial charge in [-0.15, -0.1) is 0 Å². The lowest BCUT2D eigenvalue weighted by Gasteiger charge is -2.10. The maximum atomic E-state index is 5.90. The Balaban J connectivity index is 1.53. The van der Waals surface area contributed by atoms with Crippen molar-refractivity contribution in [3.05, 3.63) is 54.5 Å². The minimum atomic E-state index is 0.217. The number of hydrogen-bond acceptors (Lipinski definition) is 7. The summed E-state index contributed by atoms with van der Waals surface area (Å²) >= 11 is 0. The molecule has 0 bridgehead atoms. The fourth-order valence-electron chi connectivity index (χ4n) is 3.10. The van der Waals surface area contributed by atoms with Crippen molar-refractivity contribution in [2.75, 3.05) is 18.2 Å². The molecule has 0 saturated carbocycles. The fraction of sp³-hybridized carbons (Fsp3) is 0.238. The number of nitrogens with one attached hydrogen (secondary N) is 1. The van der Waals surface area contributed by atoms with E-state index >= 15 is 0 Å². The van der Waals surface area contributed by atoms with Crippen LogP contribution in [0.4, 0.5) is 11.8 Å². The predicted molar refractivity (Wildman–Crippen MR) is 114 cm³/mol. The number of rotatable bonds is 6. The molecule has 4 aromatic rings.